The molecule has 0 aliphatic rings. The lowest BCUT2D eigenvalue weighted by Crippen LogP contribution is -2.35. The second-order valence-electron chi connectivity index (χ2n) is 3.20. The van der Waals surface area contributed by atoms with Crippen LogP contribution in [0.2, 0.25) is 0 Å². The molecule has 90 valence electrons. The number of H-pyrrole nitrogens is 1. The van der Waals surface area contributed by atoms with E-state index in [9.17, 15) is 4.79 Å². The number of methoxy groups -OCH3 is 1. The van der Waals surface area contributed by atoms with Gasteiger partial charge in [0.25, 0.3) is 0 Å². The van der Waals surface area contributed by atoms with E-state index < -0.39 is 0 Å². The standard InChI is InChI=1S/C9H16N4O2S/c1-6-11-9(13-12-6)16-5-4-7(10-2)8(14)15-3/h7,10H,4-5H2,1-3H3,(H,11,12,13). The number of ether oxygens (including phenoxy) is 1. The minimum Gasteiger partial charge on any atom is -0.468 e. The van der Waals surface area contributed by atoms with E-state index in [1.54, 1.807) is 7.05 Å². The number of aryl methyl sites for hydroxylation is 1. The maximum absolute atomic E-state index is 11.3. The van der Waals surface area contributed by atoms with Crippen LogP contribution in [0.4, 0.5) is 0 Å². The van der Waals surface area contributed by atoms with Crippen molar-refractivity contribution in [3.8, 4) is 0 Å². The van der Waals surface area contributed by atoms with Crippen LogP contribution in [-0.4, -0.2) is 47.1 Å². The van der Waals surface area contributed by atoms with Crippen LogP contribution in [0, 0.1) is 6.92 Å². The smallest absolute Gasteiger partial charge is 0.322 e. The Bertz CT molecular complexity index is 342. The van der Waals surface area contributed by atoms with Crippen LogP contribution in [0.3, 0.4) is 0 Å². The van der Waals surface area contributed by atoms with E-state index in [-0.39, 0.29) is 12.0 Å². The van der Waals surface area contributed by atoms with Gasteiger partial charge in [-0.05, 0) is 20.4 Å². The number of nitrogens with zero attached hydrogens (tertiary/aromatic N) is 2. The molecular formula is C9H16N4O2S. The van der Waals surface area contributed by atoms with Crippen molar-refractivity contribution >= 4 is 17.7 Å². The molecule has 1 atom stereocenters. The predicted molar refractivity (Wildman–Crippen MR) is 61.3 cm³/mol. The summed E-state index contributed by atoms with van der Waals surface area (Å²) in [6.45, 7) is 1.85. The molecule has 1 unspecified atom stereocenters. The molecule has 1 heterocycles. The largest absolute Gasteiger partial charge is 0.468 e. The van der Waals surface area contributed by atoms with E-state index in [1.165, 1.54) is 18.9 Å². The average molecular weight is 244 g/mol. The fourth-order valence-corrected chi connectivity index (χ4v) is 2.02. The minimum absolute atomic E-state index is 0.241. The Morgan fingerprint density at radius 1 is 1.69 bits per heavy atom. The summed E-state index contributed by atoms with van der Waals surface area (Å²) in [6, 6.07) is -0.266. The van der Waals surface area contributed by atoms with Gasteiger partial charge >= 0.3 is 5.97 Å². The summed E-state index contributed by atoms with van der Waals surface area (Å²) in [5.41, 5.74) is 0. The second-order valence-corrected chi connectivity index (χ2v) is 4.27. The van der Waals surface area contributed by atoms with Crippen LogP contribution >= 0.6 is 11.8 Å². The molecule has 0 radical (unpaired) electrons. The van der Waals surface area contributed by atoms with Gasteiger partial charge in [-0.2, -0.15) is 0 Å². The van der Waals surface area contributed by atoms with Crippen LogP contribution in [-0.2, 0) is 9.53 Å². The molecule has 7 heteroatoms. The average Bonchev–Trinajstić information content (AvgIpc) is 2.69. The van der Waals surface area contributed by atoms with Gasteiger partial charge < -0.3 is 10.1 Å². The minimum atomic E-state index is -0.266. The number of carbonyl (C=O) groups excluding carboxylic acids is 1. The zero-order valence-corrected chi connectivity index (χ0v) is 10.4. The molecule has 2 N–H and O–H groups in total. The molecule has 0 saturated heterocycles. The van der Waals surface area contributed by atoms with Crippen LogP contribution < -0.4 is 5.32 Å². The summed E-state index contributed by atoms with van der Waals surface area (Å²) in [5, 5.41) is 10.4. The zero-order chi connectivity index (χ0) is 12.0. The highest BCUT2D eigenvalue weighted by molar-refractivity contribution is 7.99. The van der Waals surface area contributed by atoms with Gasteiger partial charge in [-0.15, -0.1) is 5.10 Å². The first kappa shape index (κ1) is 13.0. The lowest BCUT2D eigenvalue weighted by atomic mass is 10.2. The van der Waals surface area contributed by atoms with Crippen molar-refractivity contribution in [2.24, 2.45) is 0 Å². The molecule has 0 spiro atoms. The van der Waals surface area contributed by atoms with Crippen molar-refractivity contribution in [3.63, 3.8) is 0 Å². The first-order chi connectivity index (χ1) is 7.67. The number of carbonyl (C=O) groups is 1. The summed E-state index contributed by atoms with van der Waals surface area (Å²) < 4.78 is 4.66. The molecular weight excluding hydrogens is 228 g/mol. The topological polar surface area (TPSA) is 79.9 Å². The van der Waals surface area contributed by atoms with Gasteiger partial charge in [-0.1, -0.05) is 11.8 Å². The Morgan fingerprint density at radius 2 is 2.44 bits per heavy atom. The van der Waals surface area contributed by atoms with Crippen molar-refractivity contribution in [2.45, 2.75) is 24.5 Å². The highest BCUT2D eigenvalue weighted by Crippen LogP contribution is 2.14. The van der Waals surface area contributed by atoms with Gasteiger partial charge in [0.2, 0.25) is 5.16 Å². The molecule has 6 nitrogen and oxygen atoms in total. The Hall–Kier alpha value is -1.08. The highest BCUT2D eigenvalue weighted by Gasteiger charge is 2.16. The van der Waals surface area contributed by atoms with Crippen molar-refractivity contribution in [1.82, 2.24) is 20.5 Å². The van der Waals surface area contributed by atoms with Crippen molar-refractivity contribution in [1.29, 1.82) is 0 Å². The van der Waals surface area contributed by atoms with Gasteiger partial charge in [-0.3, -0.25) is 9.89 Å². The zero-order valence-electron chi connectivity index (χ0n) is 9.61. The summed E-state index contributed by atoms with van der Waals surface area (Å²) in [5.74, 6) is 1.31. The van der Waals surface area contributed by atoms with Crippen LogP contribution in [0.1, 0.15) is 12.2 Å². The highest BCUT2D eigenvalue weighted by atomic mass is 32.2. The van der Waals surface area contributed by atoms with Crippen LogP contribution in [0.5, 0.6) is 0 Å². The molecule has 1 aromatic rings. The van der Waals surface area contributed by atoms with E-state index in [0.717, 1.165) is 11.6 Å². The molecule has 0 amide bonds. The normalized spacial score (nSPS) is 12.4. The number of hydrogen-bond donors (Lipinski definition) is 2. The number of hydrogen-bond acceptors (Lipinski definition) is 6. The third kappa shape index (κ3) is 3.82. The first-order valence-electron chi connectivity index (χ1n) is 4.94. The maximum Gasteiger partial charge on any atom is 0.322 e. The fraction of sp³-hybridized carbons (Fsp3) is 0.667. The predicted octanol–water partition coefficient (Wildman–Crippen LogP) is 0.356. The molecule has 1 aromatic heterocycles. The van der Waals surface area contributed by atoms with E-state index in [4.69, 9.17) is 0 Å². The van der Waals surface area contributed by atoms with Crippen molar-refractivity contribution in [2.75, 3.05) is 19.9 Å². The van der Waals surface area contributed by atoms with Crippen LogP contribution in [0.15, 0.2) is 5.16 Å². The molecule has 1 rings (SSSR count). The summed E-state index contributed by atoms with van der Waals surface area (Å²) in [7, 11) is 3.13. The van der Waals surface area contributed by atoms with E-state index >= 15 is 0 Å². The fourth-order valence-electron chi connectivity index (χ4n) is 1.18. The van der Waals surface area contributed by atoms with Gasteiger partial charge in [-0.25, -0.2) is 4.98 Å². The van der Waals surface area contributed by atoms with Gasteiger partial charge in [0.15, 0.2) is 0 Å². The van der Waals surface area contributed by atoms with Gasteiger partial charge in [0, 0.05) is 5.75 Å². The Morgan fingerprint density at radius 3 is 2.94 bits per heavy atom. The molecule has 16 heavy (non-hydrogen) atoms. The number of rotatable bonds is 6. The van der Waals surface area contributed by atoms with E-state index in [2.05, 4.69) is 25.2 Å². The third-order valence-electron chi connectivity index (χ3n) is 2.05. The number of thioether (sulfide) groups is 1. The lowest BCUT2D eigenvalue weighted by molar-refractivity contribution is -0.143. The Kier molecular flexibility index (Phi) is 5.27. The Balaban J connectivity index is 2.31. The molecule has 0 fully saturated rings. The number of esters is 1. The second kappa shape index (κ2) is 6.49. The van der Waals surface area contributed by atoms with E-state index in [0.29, 0.717) is 11.6 Å². The monoisotopic (exact) mass is 244 g/mol. The van der Waals surface area contributed by atoms with Crippen molar-refractivity contribution in [3.05, 3.63) is 5.82 Å². The first-order valence-corrected chi connectivity index (χ1v) is 5.92. The lowest BCUT2D eigenvalue weighted by Gasteiger charge is -2.12. The summed E-state index contributed by atoms with van der Waals surface area (Å²) >= 11 is 1.51. The van der Waals surface area contributed by atoms with Gasteiger partial charge in [0.1, 0.15) is 11.9 Å². The number of aromatic nitrogens is 3. The molecule has 0 aliphatic carbocycles. The number of nitrogens with one attached hydrogen (secondary N) is 2. The summed E-state index contributed by atoms with van der Waals surface area (Å²) in [4.78, 5) is 15.4. The summed E-state index contributed by atoms with van der Waals surface area (Å²) in [6.07, 6.45) is 0.682. The molecule has 0 aromatic carbocycles. The third-order valence-corrected chi connectivity index (χ3v) is 2.93. The van der Waals surface area contributed by atoms with Gasteiger partial charge in [0.05, 0.1) is 7.11 Å². The Labute approximate surface area is 98.6 Å². The molecule has 0 saturated carbocycles. The number of likely N-dealkylation sites (N-methyl/N-ethyl adjacent to an activating group) is 1. The molecule has 0 bridgehead atoms. The maximum atomic E-state index is 11.3. The number of aromatic amines is 1. The quantitative estimate of drug-likeness (QED) is 0.555. The van der Waals surface area contributed by atoms with E-state index in [1.807, 2.05) is 6.92 Å². The van der Waals surface area contributed by atoms with Crippen molar-refractivity contribution < 1.29 is 9.53 Å². The molecule has 0 aliphatic heterocycles. The SMILES string of the molecule is CNC(CCSc1n[nH]c(C)n1)C(=O)OC. The van der Waals surface area contributed by atoms with Crippen LogP contribution in [0.25, 0.3) is 0 Å².